The van der Waals surface area contributed by atoms with Gasteiger partial charge >= 0.3 is 24.3 Å². The van der Waals surface area contributed by atoms with Crippen molar-refractivity contribution < 1.29 is 52.7 Å². The highest BCUT2D eigenvalue weighted by molar-refractivity contribution is 7.73. The molecule has 0 aromatic heterocycles. The summed E-state index contributed by atoms with van der Waals surface area (Å²) in [5.74, 6) is 0. The van der Waals surface area contributed by atoms with Crippen LogP contribution in [0.5, 0.6) is 0 Å². The molecule has 0 atom stereocenters. The lowest BCUT2D eigenvalue weighted by molar-refractivity contribution is 0.387. The van der Waals surface area contributed by atoms with Crippen LogP contribution in [0.1, 0.15) is 0 Å². The van der Waals surface area contributed by atoms with E-state index in [2.05, 4.69) is 0 Å². The highest BCUT2D eigenvalue weighted by Gasteiger charge is 2.30. The second kappa shape index (κ2) is 14.0. The predicted molar refractivity (Wildman–Crippen MR) is 107 cm³/mol. The van der Waals surface area contributed by atoms with Crippen LogP contribution in [0, 0.1) is 0 Å². The first-order valence-electron chi connectivity index (χ1n) is 8.43. The maximum Gasteiger partial charge on any atom is 0.306 e. The van der Waals surface area contributed by atoms with Gasteiger partial charge in [-0.1, -0.05) is 60.7 Å². The second-order valence-electron chi connectivity index (χ2n) is 5.55. The molecular weight excluding hydrogens is 530 g/mol. The van der Waals surface area contributed by atoms with E-state index in [9.17, 15) is 52.7 Å². The van der Waals surface area contributed by atoms with Crippen LogP contribution in [0.15, 0.2) is 107 Å². The molecule has 14 heteroatoms. The average molecular weight is 540 g/mol. The lowest BCUT2D eigenvalue weighted by atomic mass is 10.4. The summed E-state index contributed by atoms with van der Waals surface area (Å²) in [6, 6.07) is 12.6. The van der Waals surface area contributed by atoms with E-state index in [0.29, 0.717) is 0 Å². The van der Waals surface area contributed by atoms with Gasteiger partial charge in [0.25, 0.3) is 0 Å². The summed E-state index contributed by atoms with van der Waals surface area (Å²) in [6.07, 6.45) is -11.2. The first kappa shape index (κ1) is 29.5. The molecule has 184 valence electrons. The zero-order chi connectivity index (χ0) is 26.0. The molecular formula is C20H10F12P2. The Morgan fingerprint density at radius 2 is 0.559 bits per heavy atom. The third kappa shape index (κ3) is 8.33. The molecule has 0 spiro atoms. The number of benzene rings is 2. The van der Waals surface area contributed by atoms with E-state index in [1.165, 1.54) is 36.4 Å². The fourth-order valence-corrected chi connectivity index (χ4v) is 4.99. The molecule has 0 saturated heterocycles. The van der Waals surface area contributed by atoms with E-state index < -0.39 is 62.4 Å². The third-order valence-electron chi connectivity index (χ3n) is 3.44. The second-order valence-corrected chi connectivity index (χ2v) is 9.49. The standard InChI is InChI=1S/2C10H5F6P/c2*11-7(12)9(15)17(10(16)8(13)14)6-4-2-1-3-5-6/h2*1-5H. The number of hydrogen-bond donors (Lipinski definition) is 0. The first-order valence-corrected chi connectivity index (χ1v) is 11.1. The van der Waals surface area contributed by atoms with Crippen LogP contribution in [0.25, 0.3) is 0 Å². The summed E-state index contributed by atoms with van der Waals surface area (Å²) in [7, 11) is -6.26. The van der Waals surface area contributed by atoms with Crippen LogP contribution in [-0.2, 0) is 0 Å². The normalized spacial score (nSPS) is 10.3. The summed E-state index contributed by atoms with van der Waals surface area (Å²) in [4.78, 5) is 0. The van der Waals surface area contributed by atoms with Crippen LogP contribution >= 0.6 is 15.8 Å². The monoisotopic (exact) mass is 540 g/mol. The van der Waals surface area contributed by atoms with Crippen LogP contribution in [0.2, 0.25) is 0 Å². The highest BCUT2D eigenvalue weighted by Crippen LogP contribution is 2.56. The maximum atomic E-state index is 13.0. The van der Waals surface area contributed by atoms with Crippen molar-refractivity contribution in [1.29, 1.82) is 0 Å². The molecule has 0 aliphatic heterocycles. The summed E-state index contributed by atoms with van der Waals surface area (Å²) < 4.78 is 149. The Morgan fingerprint density at radius 1 is 0.353 bits per heavy atom. The maximum absolute atomic E-state index is 13.0. The fourth-order valence-electron chi connectivity index (χ4n) is 2.12. The van der Waals surface area contributed by atoms with Crippen molar-refractivity contribution in [2.75, 3.05) is 0 Å². The van der Waals surface area contributed by atoms with Crippen molar-refractivity contribution in [2.24, 2.45) is 0 Å². The lowest BCUT2D eigenvalue weighted by Crippen LogP contribution is -2.01. The SMILES string of the molecule is FC(F)=C(F)P(C(F)=C(F)F)c1ccccc1.FC(F)=C(F)P(C(F)=C(F)F)c1ccccc1. The van der Waals surface area contributed by atoms with Gasteiger partial charge in [0, 0.05) is 0 Å². The van der Waals surface area contributed by atoms with Crippen molar-refractivity contribution in [2.45, 2.75) is 0 Å². The number of halogens is 12. The van der Waals surface area contributed by atoms with Gasteiger partial charge in [0.15, 0.2) is 22.3 Å². The molecule has 0 heterocycles. The zero-order valence-corrected chi connectivity index (χ0v) is 18.0. The van der Waals surface area contributed by atoms with E-state index in [1.807, 2.05) is 0 Å². The predicted octanol–water partition coefficient (Wildman–Crippen LogP) is 9.73. The smallest absolute Gasteiger partial charge is 0.200 e. The van der Waals surface area contributed by atoms with E-state index in [4.69, 9.17) is 0 Å². The first-order chi connectivity index (χ1) is 15.9. The van der Waals surface area contributed by atoms with E-state index in [-0.39, 0.29) is 10.6 Å². The molecule has 0 nitrogen and oxygen atoms in total. The zero-order valence-electron chi connectivity index (χ0n) is 16.2. The minimum Gasteiger partial charge on any atom is -0.200 e. The van der Waals surface area contributed by atoms with Gasteiger partial charge < -0.3 is 0 Å². The minimum absolute atomic E-state index is 0.252. The fraction of sp³-hybridized carbons (Fsp3) is 0. The summed E-state index contributed by atoms with van der Waals surface area (Å²) >= 11 is 0. The van der Waals surface area contributed by atoms with Gasteiger partial charge in [0.1, 0.15) is 0 Å². The molecule has 34 heavy (non-hydrogen) atoms. The Hall–Kier alpha value is -2.58. The Labute approximate surface area is 187 Å². The van der Waals surface area contributed by atoms with Crippen molar-refractivity contribution in [3.8, 4) is 0 Å². The summed E-state index contributed by atoms with van der Waals surface area (Å²) in [5, 5.41) is -0.504. The Balaban J connectivity index is 0.000000340. The van der Waals surface area contributed by atoms with Gasteiger partial charge in [-0.2, -0.15) is 52.7 Å². The lowest BCUT2D eigenvalue weighted by Gasteiger charge is -2.12. The molecule has 0 fully saturated rings. The van der Waals surface area contributed by atoms with Gasteiger partial charge in [-0.25, -0.2) is 0 Å². The molecule has 0 radical (unpaired) electrons. The van der Waals surface area contributed by atoms with Crippen molar-refractivity contribution >= 4 is 26.5 Å². The van der Waals surface area contributed by atoms with Crippen LogP contribution in [0.3, 0.4) is 0 Å². The molecule has 0 aliphatic rings. The van der Waals surface area contributed by atoms with Gasteiger partial charge in [-0.15, -0.1) is 0 Å². The summed E-state index contributed by atoms with van der Waals surface area (Å²) in [6.45, 7) is 0. The molecule has 0 amide bonds. The van der Waals surface area contributed by atoms with Crippen molar-refractivity contribution in [1.82, 2.24) is 0 Å². The van der Waals surface area contributed by atoms with Gasteiger partial charge in [-0.3, -0.25) is 0 Å². The van der Waals surface area contributed by atoms with Gasteiger partial charge in [0.05, 0.1) is 15.8 Å². The molecule has 0 saturated carbocycles. The number of hydrogen-bond acceptors (Lipinski definition) is 0. The topological polar surface area (TPSA) is 0 Å². The molecule has 0 unspecified atom stereocenters. The van der Waals surface area contributed by atoms with Crippen molar-refractivity contribution in [3.63, 3.8) is 0 Å². The van der Waals surface area contributed by atoms with Crippen LogP contribution < -0.4 is 10.6 Å². The largest absolute Gasteiger partial charge is 0.306 e. The van der Waals surface area contributed by atoms with E-state index in [1.54, 1.807) is 0 Å². The Bertz CT molecular complexity index is 930. The highest BCUT2D eigenvalue weighted by atomic mass is 31.1. The van der Waals surface area contributed by atoms with E-state index >= 15 is 0 Å². The molecule has 0 N–H and O–H groups in total. The van der Waals surface area contributed by atoms with Crippen LogP contribution in [0.4, 0.5) is 52.7 Å². The molecule has 2 rings (SSSR count). The number of rotatable bonds is 6. The molecule has 0 aliphatic carbocycles. The average Bonchev–Trinajstić information content (AvgIpc) is 2.80. The van der Waals surface area contributed by atoms with Gasteiger partial charge in [-0.05, 0) is 10.6 Å². The molecule has 0 bridgehead atoms. The third-order valence-corrected chi connectivity index (χ3v) is 7.31. The molecule has 2 aromatic carbocycles. The van der Waals surface area contributed by atoms with Crippen LogP contribution in [-0.4, -0.2) is 0 Å². The summed E-state index contributed by atoms with van der Waals surface area (Å²) in [5.41, 5.74) is -8.62. The van der Waals surface area contributed by atoms with Crippen molar-refractivity contribution in [3.05, 3.63) is 107 Å². The Kier molecular flexibility index (Phi) is 12.1. The molecule has 2 aromatic rings. The van der Waals surface area contributed by atoms with E-state index in [0.717, 1.165) is 24.3 Å². The Morgan fingerprint density at radius 3 is 0.735 bits per heavy atom. The quantitative estimate of drug-likeness (QED) is 0.253. The van der Waals surface area contributed by atoms with Gasteiger partial charge in [0.2, 0.25) is 0 Å². The minimum atomic E-state index is -3.13.